The highest BCUT2D eigenvalue weighted by molar-refractivity contribution is 7.90. The van der Waals surface area contributed by atoms with Crippen LogP contribution in [0.15, 0.2) is 28.0 Å². The third kappa shape index (κ3) is 1.78. The zero-order chi connectivity index (χ0) is 12.0. The Balaban J connectivity index is 2.80. The fraction of sp³-hybridized carbons (Fsp3) is 0.143. The van der Waals surface area contributed by atoms with Gasteiger partial charge in [-0.1, -0.05) is 6.07 Å². The molecule has 4 N–H and O–H groups in total. The van der Waals surface area contributed by atoms with Crippen LogP contribution in [0.2, 0.25) is 0 Å². The standard InChI is InChI=1S/C7H9N3O4S2/c8-15(11,12)5-2-1-3-6-7(5)9-4-10-16(6,13)14/h1-3,9-10H,4H2,(H2,8,11,12). The largest absolute Gasteiger partial charge is 0.369 e. The SMILES string of the molecule is NS(=O)(=O)c1cccc2c1NCNS2(=O)=O. The molecule has 0 bridgehead atoms. The Morgan fingerprint density at radius 3 is 2.62 bits per heavy atom. The van der Waals surface area contributed by atoms with E-state index >= 15 is 0 Å². The topological polar surface area (TPSA) is 118 Å². The fourth-order valence-electron chi connectivity index (χ4n) is 1.44. The summed E-state index contributed by atoms with van der Waals surface area (Å²) in [7, 11) is -7.61. The van der Waals surface area contributed by atoms with Crippen molar-refractivity contribution in [1.82, 2.24) is 4.72 Å². The van der Waals surface area contributed by atoms with Crippen LogP contribution in [0.5, 0.6) is 0 Å². The number of primary sulfonamides is 1. The molecule has 0 saturated carbocycles. The number of nitrogens with two attached hydrogens (primary N) is 1. The molecule has 88 valence electrons. The number of nitrogens with one attached hydrogen (secondary N) is 2. The minimum atomic E-state index is -3.95. The van der Waals surface area contributed by atoms with Crippen molar-refractivity contribution < 1.29 is 16.8 Å². The number of fused-ring (bicyclic) bond motifs is 1. The van der Waals surface area contributed by atoms with Gasteiger partial charge < -0.3 is 5.32 Å². The van der Waals surface area contributed by atoms with E-state index in [1.807, 2.05) is 0 Å². The third-order valence-electron chi connectivity index (χ3n) is 2.11. The molecule has 0 radical (unpaired) electrons. The van der Waals surface area contributed by atoms with Crippen LogP contribution in [0.3, 0.4) is 0 Å². The van der Waals surface area contributed by atoms with E-state index in [0.717, 1.165) is 0 Å². The molecule has 1 aromatic carbocycles. The molecule has 0 saturated heterocycles. The van der Waals surface area contributed by atoms with Crippen LogP contribution < -0.4 is 15.2 Å². The third-order valence-corrected chi connectivity index (χ3v) is 4.51. The number of hydrogen-bond donors (Lipinski definition) is 3. The molecular weight excluding hydrogens is 254 g/mol. The summed E-state index contributed by atoms with van der Waals surface area (Å²) in [5, 5.41) is 7.63. The molecule has 0 atom stereocenters. The molecule has 1 aliphatic rings. The molecule has 7 nitrogen and oxygen atoms in total. The maximum absolute atomic E-state index is 11.6. The molecule has 0 fully saturated rings. The summed E-state index contributed by atoms with van der Waals surface area (Å²) in [4.78, 5) is -0.347. The van der Waals surface area contributed by atoms with Crippen LogP contribution >= 0.6 is 0 Å². The molecule has 0 amide bonds. The van der Waals surface area contributed by atoms with Gasteiger partial charge in [0.1, 0.15) is 9.79 Å². The summed E-state index contributed by atoms with van der Waals surface area (Å²) < 4.78 is 47.8. The second-order valence-corrected chi connectivity index (χ2v) is 6.44. The zero-order valence-corrected chi connectivity index (χ0v) is 9.60. The van der Waals surface area contributed by atoms with E-state index < -0.39 is 20.0 Å². The second kappa shape index (κ2) is 3.42. The summed E-state index contributed by atoms with van der Waals surface area (Å²) >= 11 is 0. The molecule has 0 aromatic heterocycles. The first-order valence-electron chi connectivity index (χ1n) is 4.22. The van der Waals surface area contributed by atoms with Crippen molar-refractivity contribution in [1.29, 1.82) is 0 Å². The minimum Gasteiger partial charge on any atom is -0.369 e. The van der Waals surface area contributed by atoms with E-state index in [1.165, 1.54) is 18.2 Å². The van der Waals surface area contributed by atoms with Gasteiger partial charge in [-0.2, -0.15) is 4.72 Å². The molecule has 16 heavy (non-hydrogen) atoms. The van der Waals surface area contributed by atoms with Crippen molar-refractivity contribution in [3.63, 3.8) is 0 Å². The van der Waals surface area contributed by atoms with Gasteiger partial charge in [-0.25, -0.2) is 22.0 Å². The average Bonchev–Trinajstić information content (AvgIpc) is 2.15. The lowest BCUT2D eigenvalue weighted by atomic mass is 10.3. The Labute approximate surface area is 92.8 Å². The van der Waals surface area contributed by atoms with Gasteiger partial charge >= 0.3 is 0 Å². The first-order chi connectivity index (χ1) is 7.32. The maximum Gasteiger partial charge on any atom is 0.244 e. The molecule has 1 aromatic rings. The molecular formula is C7H9N3O4S2. The van der Waals surface area contributed by atoms with Crippen molar-refractivity contribution in [2.24, 2.45) is 5.14 Å². The Morgan fingerprint density at radius 1 is 1.31 bits per heavy atom. The maximum atomic E-state index is 11.6. The van der Waals surface area contributed by atoms with Gasteiger partial charge in [0.15, 0.2) is 0 Å². The number of para-hydroxylation sites is 1. The zero-order valence-electron chi connectivity index (χ0n) is 7.97. The van der Waals surface area contributed by atoms with Crippen LogP contribution in [0.1, 0.15) is 0 Å². The van der Waals surface area contributed by atoms with E-state index in [1.54, 1.807) is 0 Å². The normalized spacial score (nSPS) is 18.6. The Morgan fingerprint density at radius 2 is 2.00 bits per heavy atom. The minimum absolute atomic E-state index is 0.0174. The van der Waals surface area contributed by atoms with Gasteiger partial charge in [-0.3, -0.25) is 0 Å². The first-order valence-corrected chi connectivity index (χ1v) is 7.25. The van der Waals surface area contributed by atoms with E-state index in [9.17, 15) is 16.8 Å². The molecule has 0 spiro atoms. The monoisotopic (exact) mass is 263 g/mol. The Bertz CT molecular complexity index is 621. The van der Waals surface area contributed by atoms with Crippen LogP contribution in [-0.2, 0) is 20.0 Å². The smallest absolute Gasteiger partial charge is 0.244 e. The van der Waals surface area contributed by atoms with Gasteiger partial charge in [0.2, 0.25) is 20.0 Å². The molecule has 0 unspecified atom stereocenters. The molecule has 9 heteroatoms. The summed E-state index contributed by atoms with van der Waals surface area (Å²) in [5.41, 5.74) is 0.0174. The average molecular weight is 263 g/mol. The number of anilines is 1. The summed E-state index contributed by atoms with van der Waals surface area (Å²) in [6, 6.07) is 3.88. The van der Waals surface area contributed by atoms with Crippen molar-refractivity contribution in [2.75, 3.05) is 12.0 Å². The number of rotatable bonds is 1. The highest BCUT2D eigenvalue weighted by Gasteiger charge is 2.27. The van der Waals surface area contributed by atoms with Gasteiger partial charge in [0.05, 0.1) is 12.4 Å². The Hall–Kier alpha value is -1.16. The highest BCUT2D eigenvalue weighted by atomic mass is 32.2. The molecule has 2 rings (SSSR count). The lowest BCUT2D eigenvalue weighted by Crippen LogP contribution is -2.35. The molecule has 0 aliphatic carbocycles. The molecule has 1 heterocycles. The second-order valence-electron chi connectivity index (χ2n) is 3.18. The molecule has 1 aliphatic heterocycles. The van der Waals surface area contributed by atoms with Crippen molar-refractivity contribution in [2.45, 2.75) is 9.79 Å². The van der Waals surface area contributed by atoms with Gasteiger partial charge in [0, 0.05) is 0 Å². The van der Waals surface area contributed by atoms with Crippen molar-refractivity contribution >= 4 is 25.7 Å². The summed E-state index contributed by atoms with van der Waals surface area (Å²) in [6.07, 6.45) is 0. The van der Waals surface area contributed by atoms with Gasteiger partial charge in [-0.15, -0.1) is 0 Å². The van der Waals surface area contributed by atoms with Crippen LogP contribution in [0, 0.1) is 0 Å². The predicted octanol–water partition coefficient (Wildman–Crippen LogP) is -1.00. The fourth-order valence-corrected chi connectivity index (χ4v) is 3.37. The van der Waals surface area contributed by atoms with Crippen LogP contribution in [0.4, 0.5) is 5.69 Å². The van der Waals surface area contributed by atoms with Crippen molar-refractivity contribution in [3.8, 4) is 0 Å². The van der Waals surface area contributed by atoms with E-state index in [0.29, 0.717) is 0 Å². The van der Waals surface area contributed by atoms with E-state index in [-0.39, 0.29) is 22.1 Å². The quantitative estimate of drug-likeness (QED) is 0.600. The van der Waals surface area contributed by atoms with E-state index in [2.05, 4.69) is 10.0 Å². The Kier molecular flexibility index (Phi) is 2.42. The van der Waals surface area contributed by atoms with Crippen LogP contribution in [-0.4, -0.2) is 23.5 Å². The number of sulfonamides is 2. The highest BCUT2D eigenvalue weighted by Crippen LogP contribution is 2.29. The number of hydrogen-bond acceptors (Lipinski definition) is 5. The number of benzene rings is 1. The van der Waals surface area contributed by atoms with E-state index in [4.69, 9.17) is 5.14 Å². The lowest BCUT2D eigenvalue weighted by Gasteiger charge is -2.20. The lowest BCUT2D eigenvalue weighted by molar-refractivity contribution is 0.580. The summed E-state index contributed by atoms with van der Waals surface area (Å²) in [5.74, 6) is 0. The van der Waals surface area contributed by atoms with Gasteiger partial charge in [0.25, 0.3) is 0 Å². The van der Waals surface area contributed by atoms with Crippen molar-refractivity contribution in [3.05, 3.63) is 18.2 Å². The predicted molar refractivity (Wildman–Crippen MR) is 56.6 cm³/mol. The van der Waals surface area contributed by atoms with Gasteiger partial charge in [-0.05, 0) is 12.1 Å². The summed E-state index contributed by atoms with van der Waals surface area (Å²) in [6.45, 7) is -0.0676. The first kappa shape index (κ1) is 11.3. The van der Waals surface area contributed by atoms with Crippen LogP contribution in [0.25, 0.3) is 0 Å².